The molecule has 0 bridgehead atoms. The summed E-state index contributed by atoms with van der Waals surface area (Å²) < 4.78 is 0. The van der Waals surface area contributed by atoms with Crippen LogP contribution in [0.5, 0.6) is 0 Å². The van der Waals surface area contributed by atoms with Crippen molar-refractivity contribution in [3.63, 3.8) is 0 Å². The maximum Gasteiger partial charge on any atom is 0.223 e. The summed E-state index contributed by atoms with van der Waals surface area (Å²) in [6, 6.07) is 0.539. The summed E-state index contributed by atoms with van der Waals surface area (Å²) in [7, 11) is 6.06. The van der Waals surface area contributed by atoms with Crippen molar-refractivity contribution < 1.29 is 4.79 Å². The SMILES string of the molecule is CNCCC(=O)N1CCCC(N(C)C)C1. The van der Waals surface area contributed by atoms with Gasteiger partial charge in [0.05, 0.1) is 0 Å². The molecule has 88 valence electrons. The summed E-state index contributed by atoms with van der Waals surface area (Å²) in [5.41, 5.74) is 0. The highest BCUT2D eigenvalue weighted by Gasteiger charge is 2.24. The Kier molecular flexibility index (Phi) is 5.05. The molecule has 1 fully saturated rings. The molecule has 1 atom stereocenters. The van der Waals surface area contributed by atoms with Crippen molar-refractivity contribution in [1.82, 2.24) is 15.1 Å². The normalized spacial score (nSPS) is 22.1. The average Bonchev–Trinajstić information content (AvgIpc) is 2.26. The van der Waals surface area contributed by atoms with Gasteiger partial charge < -0.3 is 15.1 Å². The number of amides is 1. The van der Waals surface area contributed by atoms with E-state index < -0.39 is 0 Å². The Labute approximate surface area is 92.6 Å². The van der Waals surface area contributed by atoms with Gasteiger partial charge in [-0.1, -0.05) is 0 Å². The minimum Gasteiger partial charge on any atom is -0.341 e. The molecule has 0 aliphatic carbocycles. The summed E-state index contributed by atoms with van der Waals surface area (Å²) >= 11 is 0. The summed E-state index contributed by atoms with van der Waals surface area (Å²) in [6.07, 6.45) is 2.97. The number of hydrogen-bond donors (Lipinski definition) is 1. The fraction of sp³-hybridized carbons (Fsp3) is 0.909. The number of nitrogens with one attached hydrogen (secondary N) is 1. The fourth-order valence-electron chi connectivity index (χ4n) is 1.99. The van der Waals surface area contributed by atoms with Crippen LogP contribution in [-0.2, 0) is 4.79 Å². The van der Waals surface area contributed by atoms with Gasteiger partial charge >= 0.3 is 0 Å². The first-order valence-corrected chi connectivity index (χ1v) is 5.74. The van der Waals surface area contributed by atoms with Crippen molar-refractivity contribution in [1.29, 1.82) is 0 Å². The summed E-state index contributed by atoms with van der Waals surface area (Å²) in [5.74, 6) is 0.288. The number of likely N-dealkylation sites (N-methyl/N-ethyl adjacent to an activating group) is 1. The number of piperidine rings is 1. The van der Waals surface area contributed by atoms with E-state index in [2.05, 4.69) is 24.3 Å². The Bertz CT molecular complexity index is 206. The second kappa shape index (κ2) is 6.08. The third-order valence-electron chi connectivity index (χ3n) is 3.07. The van der Waals surface area contributed by atoms with Crippen molar-refractivity contribution in [2.24, 2.45) is 0 Å². The first-order chi connectivity index (χ1) is 7.15. The van der Waals surface area contributed by atoms with E-state index in [0.29, 0.717) is 12.5 Å². The highest BCUT2D eigenvalue weighted by atomic mass is 16.2. The smallest absolute Gasteiger partial charge is 0.223 e. The summed E-state index contributed by atoms with van der Waals surface area (Å²) in [5, 5.41) is 3.01. The first-order valence-electron chi connectivity index (χ1n) is 5.74. The number of carbonyl (C=O) groups is 1. The van der Waals surface area contributed by atoms with Gasteiger partial charge in [0.2, 0.25) is 5.91 Å². The minimum absolute atomic E-state index is 0.288. The molecule has 1 aliphatic heterocycles. The lowest BCUT2D eigenvalue weighted by molar-refractivity contribution is -0.133. The minimum atomic E-state index is 0.288. The van der Waals surface area contributed by atoms with Crippen molar-refractivity contribution in [2.75, 3.05) is 40.8 Å². The van der Waals surface area contributed by atoms with Crippen LogP contribution in [0.15, 0.2) is 0 Å². The van der Waals surface area contributed by atoms with Crippen molar-refractivity contribution in [2.45, 2.75) is 25.3 Å². The van der Waals surface area contributed by atoms with E-state index in [0.717, 1.165) is 26.1 Å². The van der Waals surface area contributed by atoms with Gasteiger partial charge in [-0.25, -0.2) is 0 Å². The van der Waals surface area contributed by atoms with E-state index in [-0.39, 0.29) is 5.91 Å². The van der Waals surface area contributed by atoms with E-state index in [1.165, 1.54) is 6.42 Å². The molecule has 0 saturated carbocycles. The third-order valence-corrected chi connectivity index (χ3v) is 3.07. The topological polar surface area (TPSA) is 35.6 Å². The van der Waals surface area contributed by atoms with Gasteiger partial charge in [0.15, 0.2) is 0 Å². The molecule has 0 aromatic heterocycles. The summed E-state index contributed by atoms with van der Waals surface area (Å²) in [6.45, 7) is 2.62. The van der Waals surface area contributed by atoms with Crippen molar-refractivity contribution in [3.05, 3.63) is 0 Å². The highest BCUT2D eigenvalue weighted by molar-refractivity contribution is 5.76. The van der Waals surface area contributed by atoms with Gasteiger partial charge in [-0.2, -0.15) is 0 Å². The largest absolute Gasteiger partial charge is 0.341 e. The van der Waals surface area contributed by atoms with Gasteiger partial charge in [-0.15, -0.1) is 0 Å². The standard InChI is InChI=1S/C11H23N3O/c1-12-7-6-11(15)14-8-4-5-10(9-14)13(2)3/h10,12H,4-9H2,1-3H3. The molecule has 1 rings (SSSR count). The van der Waals surface area contributed by atoms with Crippen LogP contribution in [0.3, 0.4) is 0 Å². The molecule has 4 heteroatoms. The van der Waals surface area contributed by atoms with Gasteiger partial charge in [-0.3, -0.25) is 4.79 Å². The van der Waals surface area contributed by atoms with E-state index in [1.54, 1.807) is 0 Å². The molecular formula is C11H23N3O. The third kappa shape index (κ3) is 3.80. The monoisotopic (exact) mass is 213 g/mol. The molecule has 0 radical (unpaired) electrons. The Morgan fingerprint density at radius 3 is 2.87 bits per heavy atom. The molecule has 1 aliphatic rings. The predicted octanol–water partition coefficient (Wildman–Crippen LogP) is 0.149. The highest BCUT2D eigenvalue weighted by Crippen LogP contribution is 2.14. The Hall–Kier alpha value is -0.610. The van der Waals surface area contributed by atoms with Crippen LogP contribution < -0.4 is 5.32 Å². The molecule has 0 aromatic rings. The van der Waals surface area contributed by atoms with Crippen LogP contribution in [0.25, 0.3) is 0 Å². The van der Waals surface area contributed by atoms with Gasteiger partial charge in [0.1, 0.15) is 0 Å². The molecule has 4 nitrogen and oxygen atoms in total. The van der Waals surface area contributed by atoms with Crippen LogP contribution in [0, 0.1) is 0 Å². The Morgan fingerprint density at radius 2 is 2.27 bits per heavy atom. The lowest BCUT2D eigenvalue weighted by Gasteiger charge is -2.36. The number of nitrogens with zero attached hydrogens (tertiary/aromatic N) is 2. The second-order valence-electron chi connectivity index (χ2n) is 4.45. The Balaban J connectivity index is 2.38. The van der Waals surface area contributed by atoms with Gasteiger partial charge in [0.25, 0.3) is 0 Å². The zero-order valence-electron chi connectivity index (χ0n) is 10.1. The fourth-order valence-corrected chi connectivity index (χ4v) is 1.99. The lowest BCUT2D eigenvalue weighted by atomic mass is 10.0. The predicted molar refractivity (Wildman–Crippen MR) is 61.8 cm³/mol. The number of likely N-dealkylation sites (tertiary alicyclic amines) is 1. The molecular weight excluding hydrogens is 190 g/mol. The summed E-state index contributed by atoms with van der Waals surface area (Å²) in [4.78, 5) is 16.0. The number of carbonyl (C=O) groups excluding carboxylic acids is 1. The molecule has 1 heterocycles. The zero-order valence-corrected chi connectivity index (χ0v) is 10.1. The van der Waals surface area contributed by atoms with Crippen LogP contribution in [-0.4, -0.2) is 62.5 Å². The first kappa shape index (κ1) is 12.5. The average molecular weight is 213 g/mol. The van der Waals surface area contributed by atoms with Crippen LogP contribution in [0.1, 0.15) is 19.3 Å². The van der Waals surface area contributed by atoms with Crippen LogP contribution >= 0.6 is 0 Å². The quantitative estimate of drug-likeness (QED) is 0.722. The number of hydrogen-bond acceptors (Lipinski definition) is 3. The maximum atomic E-state index is 11.8. The molecule has 1 saturated heterocycles. The van der Waals surface area contributed by atoms with Crippen LogP contribution in [0.4, 0.5) is 0 Å². The van der Waals surface area contributed by atoms with E-state index in [4.69, 9.17) is 0 Å². The van der Waals surface area contributed by atoms with Gasteiger partial charge in [0, 0.05) is 32.1 Å². The van der Waals surface area contributed by atoms with E-state index in [1.807, 2.05) is 11.9 Å². The molecule has 1 unspecified atom stereocenters. The van der Waals surface area contributed by atoms with Gasteiger partial charge in [-0.05, 0) is 34.0 Å². The zero-order chi connectivity index (χ0) is 11.3. The maximum absolute atomic E-state index is 11.8. The Morgan fingerprint density at radius 1 is 1.53 bits per heavy atom. The van der Waals surface area contributed by atoms with Crippen LogP contribution in [0.2, 0.25) is 0 Å². The number of rotatable bonds is 4. The molecule has 1 amide bonds. The molecule has 1 N–H and O–H groups in total. The molecule has 0 spiro atoms. The molecule has 0 aromatic carbocycles. The molecule has 15 heavy (non-hydrogen) atoms. The van der Waals surface area contributed by atoms with Crippen molar-refractivity contribution >= 4 is 5.91 Å². The van der Waals surface area contributed by atoms with Crippen molar-refractivity contribution in [3.8, 4) is 0 Å². The lowest BCUT2D eigenvalue weighted by Crippen LogP contribution is -2.47. The van der Waals surface area contributed by atoms with E-state index >= 15 is 0 Å². The van der Waals surface area contributed by atoms with E-state index in [9.17, 15) is 4.79 Å². The second-order valence-corrected chi connectivity index (χ2v) is 4.45.